The Morgan fingerprint density at radius 1 is 0.347 bits per heavy atom. The van der Waals surface area contributed by atoms with Crippen LogP contribution in [-0.2, 0) is 0 Å². The van der Waals surface area contributed by atoms with Crippen LogP contribution in [-0.4, -0.2) is 0 Å². The quantitative estimate of drug-likeness (QED) is 0.190. The van der Waals surface area contributed by atoms with E-state index in [1.165, 1.54) is 5.56 Å². The number of fused-ring (bicyclic) bond motifs is 8. The summed E-state index contributed by atoms with van der Waals surface area (Å²) in [5.74, 6) is 0. The third-order valence-electron chi connectivity index (χ3n) is 9.67. The Bertz CT molecular complexity index is 2810. The molecule has 0 N–H and O–H groups in total. The fourth-order valence-corrected chi connectivity index (χ4v) is 7.42. The minimum Gasteiger partial charge on any atom is -0.455 e. The summed E-state index contributed by atoms with van der Waals surface area (Å²) in [6.45, 7) is 0. The Kier molecular flexibility index (Phi) is 6.18. The molecule has 0 aliphatic rings. The highest BCUT2D eigenvalue weighted by Gasteiger charge is 2.25. The molecule has 0 atom stereocenters. The zero-order valence-corrected chi connectivity index (χ0v) is 26.5. The lowest BCUT2D eigenvalue weighted by atomic mass is 9.95. The Morgan fingerprint density at radius 3 is 1.82 bits per heavy atom. The summed E-state index contributed by atoms with van der Waals surface area (Å²) < 4.78 is 13.4. The van der Waals surface area contributed by atoms with Gasteiger partial charge in [-0.25, -0.2) is 0 Å². The predicted molar refractivity (Wildman–Crippen MR) is 204 cm³/mol. The molecule has 0 aliphatic heterocycles. The highest BCUT2D eigenvalue weighted by atomic mass is 16.3. The van der Waals surface area contributed by atoms with Gasteiger partial charge in [-0.1, -0.05) is 133 Å². The van der Waals surface area contributed by atoms with Gasteiger partial charge in [-0.3, -0.25) is 0 Å². The van der Waals surface area contributed by atoms with Crippen LogP contribution in [0.5, 0.6) is 0 Å². The molecule has 0 saturated carbocycles. The zero-order chi connectivity index (χ0) is 32.3. The van der Waals surface area contributed by atoms with Gasteiger partial charge in [-0.15, -0.1) is 0 Å². The first-order chi connectivity index (χ1) is 24.3. The highest BCUT2D eigenvalue weighted by Crippen LogP contribution is 2.49. The summed E-state index contributed by atoms with van der Waals surface area (Å²) in [5.41, 5.74) is 11.1. The molecular formula is C46H29NO2. The summed E-state index contributed by atoms with van der Waals surface area (Å²) in [7, 11) is 0. The number of hydrogen-bond acceptors (Lipinski definition) is 3. The van der Waals surface area contributed by atoms with E-state index < -0.39 is 0 Å². The molecule has 3 nitrogen and oxygen atoms in total. The minimum atomic E-state index is 0.845. The SMILES string of the molecule is c1ccc(-c2ccc(N(c3ccc4oc5c6ccccc6ccc5c4c3-c3ccccc3)c3cccc4c3oc3ccccc34)cc2)cc1. The minimum absolute atomic E-state index is 0.845. The molecule has 10 rings (SSSR count). The van der Waals surface area contributed by atoms with Crippen LogP contribution >= 0.6 is 0 Å². The molecule has 230 valence electrons. The Hall–Kier alpha value is -6.58. The van der Waals surface area contributed by atoms with E-state index in [1.807, 2.05) is 12.1 Å². The molecule has 0 unspecified atom stereocenters. The van der Waals surface area contributed by atoms with Gasteiger partial charge < -0.3 is 13.7 Å². The van der Waals surface area contributed by atoms with Gasteiger partial charge in [0.2, 0.25) is 0 Å². The maximum Gasteiger partial charge on any atom is 0.159 e. The predicted octanol–water partition coefficient (Wildman–Crippen LogP) is 13.4. The van der Waals surface area contributed by atoms with E-state index in [-0.39, 0.29) is 0 Å². The largest absolute Gasteiger partial charge is 0.455 e. The molecule has 49 heavy (non-hydrogen) atoms. The molecule has 0 bridgehead atoms. The monoisotopic (exact) mass is 627 g/mol. The summed E-state index contributed by atoms with van der Waals surface area (Å²) >= 11 is 0. The number of hydrogen-bond donors (Lipinski definition) is 0. The molecule has 0 aliphatic carbocycles. The molecule has 0 saturated heterocycles. The smallest absolute Gasteiger partial charge is 0.159 e. The van der Waals surface area contributed by atoms with Gasteiger partial charge in [0.05, 0.1) is 11.4 Å². The van der Waals surface area contributed by atoms with Crippen molar-refractivity contribution in [3.8, 4) is 22.3 Å². The molecular weight excluding hydrogens is 599 g/mol. The average molecular weight is 628 g/mol. The highest BCUT2D eigenvalue weighted by molar-refractivity contribution is 6.22. The second-order valence-electron chi connectivity index (χ2n) is 12.5. The molecule has 8 aromatic carbocycles. The van der Waals surface area contributed by atoms with Gasteiger partial charge in [-0.05, 0) is 64.5 Å². The first-order valence-corrected chi connectivity index (χ1v) is 16.6. The average Bonchev–Trinajstić information content (AvgIpc) is 3.75. The van der Waals surface area contributed by atoms with Crippen molar-refractivity contribution in [3.63, 3.8) is 0 Å². The summed E-state index contributed by atoms with van der Waals surface area (Å²) in [5, 5.41) is 6.64. The lowest BCUT2D eigenvalue weighted by Crippen LogP contribution is -2.11. The molecule has 2 heterocycles. The lowest BCUT2D eigenvalue weighted by molar-refractivity contribution is 0.669. The van der Waals surface area contributed by atoms with Crippen LogP contribution in [0.2, 0.25) is 0 Å². The first kappa shape index (κ1) is 27.5. The van der Waals surface area contributed by atoms with Crippen molar-refractivity contribution in [2.75, 3.05) is 4.90 Å². The van der Waals surface area contributed by atoms with Gasteiger partial charge in [0.15, 0.2) is 5.58 Å². The van der Waals surface area contributed by atoms with E-state index in [0.29, 0.717) is 0 Å². The van der Waals surface area contributed by atoms with Crippen LogP contribution in [0.25, 0.3) is 76.9 Å². The van der Waals surface area contributed by atoms with Crippen molar-refractivity contribution in [2.24, 2.45) is 0 Å². The molecule has 3 heteroatoms. The maximum atomic E-state index is 6.71. The topological polar surface area (TPSA) is 29.5 Å². The van der Waals surface area contributed by atoms with E-state index in [1.54, 1.807) is 0 Å². The fraction of sp³-hybridized carbons (Fsp3) is 0. The van der Waals surface area contributed by atoms with E-state index in [0.717, 1.165) is 88.4 Å². The van der Waals surface area contributed by atoms with Crippen molar-refractivity contribution in [3.05, 3.63) is 176 Å². The van der Waals surface area contributed by atoms with Crippen molar-refractivity contribution in [1.82, 2.24) is 0 Å². The fourth-order valence-electron chi connectivity index (χ4n) is 7.42. The van der Waals surface area contributed by atoms with Crippen molar-refractivity contribution in [1.29, 1.82) is 0 Å². The van der Waals surface area contributed by atoms with E-state index in [4.69, 9.17) is 8.83 Å². The number of anilines is 3. The zero-order valence-electron chi connectivity index (χ0n) is 26.5. The van der Waals surface area contributed by atoms with E-state index in [2.05, 4.69) is 169 Å². The maximum absolute atomic E-state index is 6.71. The number of benzene rings is 8. The summed E-state index contributed by atoms with van der Waals surface area (Å²) in [6, 6.07) is 61.9. The number of para-hydroxylation sites is 2. The standard InChI is InChI=1S/C46H29NO2/c1-3-12-30(13-4-1)31-22-25-34(26-23-31)47(40-20-11-19-37-36-18-9-10-21-41(36)48-46(37)40)39-28-29-42-44(43(39)33-15-5-2-6-16-33)38-27-24-32-14-7-8-17-35(32)45(38)49-42/h1-29H. The number of nitrogens with zero attached hydrogens (tertiary/aromatic N) is 1. The Morgan fingerprint density at radius 2 is 1.00 bits per heavy atom. The van der Waals surface area contributed by atoms with Gasteiger partial charge in [0.1, 0.15) is 16.7 Å². The number of furan rings is 2. The molecule has 0 fully saturated rings. The van der Waals surface area contributed by atoms with Crippen LogP contribution in [0.3, 0.4) is 0 Å². The van der Waals surface area contributed by atoms with Gasteiger partial charge in [-0.2, -0.15) is 0 Å². The van der Waals surface area contributed by atoms with Gasteiger partial charge >= 0.3 is 0 Å². The third-order valence-corrected chi connectivity index (χ3v) is 9.67. The lowest BCUT2D eigenvalue weighted by Gasteiger charge is -2.28. The third kappa shape index (κ3) is 4.37. The molecule has 2 aromatic heterocycles. The van der Waals surface area contributed by atoms with E-state index in [9.17, 15) is 0 Å². The number of rotatable bonds is 5. The summed E-state index contributed by atoms with van der Waals surface area (Å²) in [4.78, 5) is 2.35. The molecule has 0 amide bonds. The van der Waals surface area contributed by atoms with Crippen LogP contribution < -0.4 is 4.90 Å². The van der Waals surface area contributed by atoms with Crippen molar-refractivity contribution >= 4 is 71.7 Å². The van der Waals surface area contributed by atoms with E-state index >= 15 is 0 Å². The van der Waals surface area contributed by atoms with Gasteiger partial charge in [0.25, 0.3) is 0 Å². The molecule has 0 radical (unpaired) electrons. The van der Waals surface area contributed by atoms with Crippen LogP contribution in [0.4, 0.5) is 17.1 Å². The van der Waals surface area contributed by atoms with Crippen molar-refractivity contribution in [2.45, 2.75) is 0 Å². The Balaban J connectivity index is 1.30. The van der Waals surface area contributed by atoms with Crippen LogP contribution in [0, 0.1) is 0 Å². The Labute approximate surface area is 282 Å². The van der Waals surface area contributed by atoms with Crippen molar-refractivity contribution < 1.29 is 8.83 Å². The normalized spacial score (nSPS) is 11.7. The van der Waals surface area contributed by atoms with Gasteiger partial charge in [0, 0.05) is 38.2 Å². The summed E-state index contributed by atoms with van der Waals surface area (Å²) in [6.07, 6.45) is 0. The first-order valence-electron chi connectivity index (χ1n) is 16.6. The van der Waals surface area contributed by atoms with Crippen LogP contribution in [0.15, 0.2) is 185 Å². The second kappa shape index (κ2) is 11.0. The van der Waals surface area contributed by atoms with Crippen LogP contribution in [0.1, 0.15) is 0 Å². The molecule has 0 spiro atoms. The molecule has 10 aromatic rings. The second-order valence-corrected chi connectivity index (χ2v) is 12.5.